The molecule has 26 heavy (non-hydrogen) atoms. The summed E-state index contributed by atoms with van der Waals surface area (Å²) in [6, 6.07) is 15.2. The number of ether oxygens (including phenoxy) is 1. The van der Waals surface area contributed by atoms with E-state index in [1.807, 2.05) is 30.3 Å². The lowest BCUT2D eigenvalue weighted by molar-refractivity contribution is 0.0464. The number of carbonyl (C=O) groups is 1. The predicted octanol–water partition coefficient (Wildman–Crippen LogP) is 2.65. The maximum atomic E-state index is 12.2. The SMILES string of the molecule is Cc1ccc(C(=O)OCc2cc(-c3ccccc3)on2)cc1S(N)(=O)=O. The molecular formula is C18H16N2O5S. The van der Waals surface area contributed by atoms with Gasteiger partial charge in [0, 0.05) is 11.6 Å². The predicted molar refractivity (Wildman–Crippen MR) is 93.6 cm³/mol. The van der Waals surface area contributed by atoms with Gasteiger partial charge in [0.2, 0.25) is 10.0 Å². The fourth-order valence-electron chi connectivity index (χ4n) is 2.37. The molecule has 7 nitrogen and oxygen atoms in total. The summed E-state index contributed by atoms with van der Waals surface area (Å²) in [7, 11) is -3.92. The Bertz CT molecular complexity index is 1040. The maximum Gasteiger partial charge on any atom is 0.338 e. The van der Waals surface area contributed by atoms with Gasteiger partial charge in [0.1, 0.15) is 12.3 Å². The molecule has 2 aromatic carbocycles. The highest BCUT2D eigenvalue weighted by molar-refractivity contribution is 7.89. The van der Waals surface area contributed by atoms with Gasteiger partial charge in [-0.1, -0.05) is 41.6 Å². The van der Waals surface area contributed by atoms with E-state index in [1.165, 1.54) is 18.2 Å². The zero-order chi connectivity index (χ0) is 18.7. The first-order valence-corrected chi connectivity index (χ1v) is 9.21. The van der Waals surface area contributed by atoms with Crippen LogP contribution in [0.1, 0.15) is 21.6 Å². The Labute approximate surface area is 150 Å². The van der Waals surface area contributed by atoms with E-state index in [2.05, 4.69) is 5.16 Å². The second-order valence-electron chi connectivity index (χ2n) is 5.65. The van der Waals surface area contributed by atoms with Crippen LogP contribution in [0.15, 0.2) is 64.0 Å². The summed E-state index contributed by atoms with van der Waals surface area (Å²) in [4.78, 5) is 12.1. The first-order chi connectivity index (χ1) is 12.3. The molecule has 8 heteroatoms. The molecule has 0 aliphatic heterocycles. The number of benzene rings is 2. The number of nitrogens with two attached hydrogens (primary N) is 1. The summed E-state index contributed by atoms with van der Waals surface area (Å²) in [6.07, 6.45) is 0. The van der Waals surface area contributed by atoms with Gasteiger partial charge in [-0.3, -0.25) is 0 Å². The third-order valence-corrected chi connectivity index (χ3v) is 4.75. The highest BCUT2D eigenvalue weighted by atomic mass is 32.2. The van der Waals surface area contributed by atoms with Gasteiger partial charge in [-0.2, -0.15) is 0 Å². The van der Waals surface area contributed by atoms with Crippen molar-refractivity contribution < 1.29 is 22.5 Å². The lowest BCUT2D eigenvalue weighted by Gasteiger charge is -2.07. The third kappa shape index (κ3) is 3.98. The number of rotatable bonds is 5. The Hall–Kier alpha value is -2.97. The molecule has 1 aromatic heterocycles. The van der Waals surface area contributed by atoms with Crippen LogP contribution in [0, 0.1) is 6.92 Å². The van der Waals surface area contributed by atoms with Crippen molar-refractivity contribution >= 4 is 16.0 Å². The van der Waals surface area contributed by atoms with Crippen LogP contribution in [0.2, 0.25) is 0 Å². The second kappa shape index (κ2) is 7.11. The summed E-state index contributed by atoms with van der Waals surface area (Å²) < 4.78 is 33.5. The Morgan fingerprint density at radius 1 is 1.15 bits per heavy atom. The van der Waals surface area contributed by atoms with Crippen molar-refractivity contribution in [1.29, 1.82) is 0 Å². The number of hydrogen-bond donors (Lipinski definition) is 1. The number of hydrogen-bond acceptors (Lipinski definition) is 6. The van der Waals surface area contributed by atoms with Gasteiger partial charge in [-0.15, -0.1) is 0 Å². The molecule has 0 saturated carbocycles. The van der Waals surface area contributed by atoms with E-state index in [1.54, 1.807) is 13.0 Å². The molecule has 0 radical (unpaired) electrons. The zero-order valence-corrected chi connectivity index (χ0v) is 14.7. The first kappa shape index (κ1) is 17.8. The van der Waals surface area contributed by atoms with Crippen LogP contribution in [-0.4, -0.2) is 19.5 Å². The van der Waals surface area contributed by atoms with Crippen LogP contribution in [0.25, 0.3) is 11.3 Å². The minimum atomic E-state index is -3.92. The molecular weight excluding hydrogens is 356 g/mol. The van der Waals surface area contributed by atoms with Crippen molar-refractivity contribution in [3.8, 4) is 11.3 Å². The number of aryl methyl sites for hydroxylation is 1. The molecule has 0 unspecified atom stereocenters. The quantitative estimate of drug-likeness (QED) is 0.689. The number of aromatic nitrogens is 1. The molecule has 0 saturated heterocycles. The Morgan fingerprint density at radius 3 is 2.58 bits per heavy atom. The first-order valence-electron chi connectivity index (χ1n) is 7.66. The van der Waals surface area contributed by atoms with Gasteiger partial charge in [0.05, 0.1) is 10.5 Å². The van der Waals surface area contributed by atoms with Gasteiger partial charge >= 0.3 is 5.97 Å². The molecule has 0 fully saturated rings. The van der Waals surface area contributed by atoms with E-state index in [0.29, 0.717) is 17.0 Å². The molecule has 3 rings (SSSR count). The summed E-state index contributed by atoms with van der Waals surface area (Å²) in [5.41, 5.74) is 1.84. The standard InChI is InChI=1S/C18H16N2O5S/c1-12-7-8-14(9-17(12)26(19,22)23)18(21)24-11-15-10-16(25-20-15)13-5-3-2-4-6-13/h2-10H,11H2,1H3,(H2,19,22,23). The fraction of sp³-hybridized carbons (Fsp3) is 0.111. The van der Waals surface area contributed by atoms with Crippen molar-refractivity contribution in [3.63, 3.8) is 0 Å². The van der Waals surface area contributed by atoms with Gasteiger partial charge in [0.15, 0.2) is 5.76 Å². The van der Waals surface area contributed by atoms with Crippen LogP contribution in [0.3, 0.4) is 0 Å². The van der Waals surface area contributed by atoms with Crippen LogP contribution in [0.4, 0.5) is 0 Å². The van der Waals surface area contributed by atoms with Gasteiger partial charge in [-0.25, -0.2) is 18.4 Å². The van der Waals surface area contributed by atoms with Crippen molar-refractivity contribution in [2.75, 3.05) is 0 Å². The minimum absolute atomic E-state index is 0.0893. The Kier molecular flexibility index (Phi) is 4.88. The van der Waals surface area contributed by atoms with Gasteiger partial charge in [0.25, 0.3) is 0 Å². The summed E-state index contributed by atoms with van der Waals surface area (Å²) in [5, 5.41) is 9.01. The number of primary sulfonamides is 1. The monoisotopic (exact) mass is 372 g/mol. The van der Waals surface area contributed by atoms with E-state index in [9.17, 15) is 13.2 Å². The average molecular weight is 372 g/mol. The third-order valence-electron chi connectivity index (χ3n) is 3.70. The number of carbonyl (C=O) groups excluding carboxylic acids is 1. The Morgan fingerprint density at radius 2 is 1.88 bits per heavy atom. The lowest BCUT2D eigenvalue weighted by Crippen LogP contribution is -2.15. The maximum absolute atomic E-state index is 12.2. The molecule has 0 atom stereocenters. The van der Waals surface area contributed by atoms with Crippen LogP contribution < -0.4 is 5.14 Å². The van der Waals surface area contributed by atoms with E-state index in [4.69, 9.17) is 14.4 Å². The highest BCUT2D eigenvalue weighted by Gasteiger charge is 2.16. The normalized spacial score (nSPS) is 11.3. The molecule has 1 heterocycles. The topological polar surface area (TPSA) is 112 Å². The van der Waals surface area contributed by atoms with Crippen LogP contribution in [-0.2, 0) is 21.4 Å². The number of nitrogens with zero attached hydrogens (tertiary/aromatic N) is 1. The molecule has 0 amide bonds. The number of esters is 1. The largest absolute Gasteiger partial charge is 0.455 e. The summed E-state index contributed by atoms with van der Waals surface area (Å²) in [6.45, 7) is 1.49. The Balaban J connectivity index is 1.71. The van der Waals surface area contributed by atoms with E-state index in [-0.39, 0.29) is 17.1 Å². The van der Waals surface area contributed by atoms with E-state index in [0.717, 1.165) is 5.56 Å². The molecule has 3 aromatic rings. The van der Waals surface area contributed by atoms with E-state index >= 15 is 0 Å². The van der Waals surface area contributed by atoms with Crippen molar-refractivity contribution in [1.82, 2.24) is 5.16 Å². The van der Waals surface area contributed by atoms with Crippen molar-refractivity contribution in [2.24, 2.45) is 5.14 Å². The fourth-order valence-corrected chi connectivity index (χ4v) is 3.18. The summed E-state index contributed by atoms with van der Waals surface area (Å²) in [5.74, 6) is -0.123. The van der Waals surface area contributed by atoms with Crippen LogP contribution in [0.5, 0.6) is 0 Å². The molecule has 0 spiro atoms. The average Bonchev–Trinajstić information content (AvgIpc) is 3.09. The number of sulfonamides is 1. The summed E-state index contributed by atoms with van der Waals surface area (Å²) >= 11 is 0. The molecule has 2 N–H and O–H groups in total. The van der Waals surface area contributed by atoms with E-state index < -0.39 is 16.0 Å². The van der Waals surface area contributed by atoms with Gasteiger partial charge < -0.3 is 9.26 Å². The minimum Gasteiger partial charge on any atom is -0.455 e. The van der Waals surface area contributed by atoms with Crippen molar-refractivity contribution in [2.45, 2.75) is 18.4 Å². The second-order valence-corrected chi connectivity index (χ2v) is 7.18. The smallest absolute Gasteiger partial charge is 0.338 e. The van der Waals surface area contributed by atoms with Gasteiger partial charge in [-0.05, 0) is 24.6 Å². The molecule has 0 aliphatic carbocycles. The molecule has 134 valence electrons. The highest BCUT2D eigenvalue weighted by Crippen LogP contribution is 2.21. The van der Waals surface area contributed by atoms with Crippen LogP contribution >= 0.6 is 0 Å². The molecule has 0 aliphatic rings. The van der Waals surface area contributed by atoms with Crippen molar-refractivity contribution in [3.05, 3.63) is 71.4 Å². The zero-order valence-electron chi connectivity index (χ0n) is 13.9. The lowest BCUT2D eigenvalue weighted by atomic mass is 10.1. The molecule has 0 bridgehead atoms.